The highest BCUT2D eigenvalue weighted by molar-refractivity contribution is 9.10. The summed E-state index contributed by atoms with van der Waals surface area (Å²) in [5.41, 5.74) is 6.85. The first-order valence-corrected chi connectivity index (χ1v) is 6.98. The van der Waals surface area contributed by atoms with Crippen molar-refractivity contribution in [3.63, 3.8) is 0 Å². The number of hydrogen-bond acceptors (Lipinski definition) is 1. The molecule has 0 saturated heterocycles. The molecule has 0 spiro atoms. The highest BCUT2D eigenvalue weighted by atomic mass is 79.9. The van der Waals surface area contributed by atoms with Gasteiger partial charge in [0.1, 0.15) is 5.82 Å². The van der Waals surface area contributed by atoms with E-state index in [2.05, 4.69) is 22.9 Å². The van der Waals surface area contributed by atoms with Crippen molar-refractivity contribution in [3.05, 3.63) is 34.1 Å². The van der Waals surface area contributed by atoms with Gasteiger partial charge >= 0.3 is 0 Å². The molecule has 1 fully saturated rings. The number of hydrogen-bond donors (Lipinski definition) is 1. The molecule has 1 aromatic carbocycles. The number of benzene rings is 1. The van der Waals surface area contributed by atoms with Crippen LogP contribution in [0.15, 0.2) is 22.7 Å². The van der Waals surface area contributed by atoms with E-state index in [-0.39, 0.29) is 11.2 Å². The van der Waals surface area contributed by atoms with Crippen molar-refractivity contribution in [1.29, 1.82) is 0 Å². The van der Waals surface area contributed by atoms with Gasteiger partial charge in [0.15, 0.2) is 0 Å². The second-order valence-corrected chi connectivity index (χ2v) is 6.38. The molecule has 1 saturated carbocycles. The SMILES string of the molecule is CC1CCC(CN)(Cc2ccc(Br)cc2F)C1. The summed E-state index contributed by atoms with van der Waals surface area (Å²) in [7, 11) is 0. The molecule has 3 heteroatoms. The lowest BCUT2D eigenvalue weighted by Crippen LogP contribution is -2.30. The molecule has 1 aliphatic carbocycles. The molecule has 1 aliphatic rings. The van der Waals surface area contributed by atoms with E-state index >= 15 is 0 Å². The lowest BCUT2D eigenvalue weighted by Gasteiger charge is -2.28. The van der Waals surface area contributed by atoms with Gasteiger partial charge in [0, 0.05) is 4.47 Å². The molecule has 1 nitrogen and oxygen atoms in total. The second kappa shape index (κ2) is 5.07. The Balaban J connectivity index is 2.19. The summed E-state index contributed by atoms with van der Waals surface area (Å²) in [6.07, 6.45) is 4.24. The number of rotatable bonds is 3. The minimum absolute atomic E-state index is 0.119. The minimum atomic E-state index is -0.119. The van der Waals surface area contributed by atoms with Crippen molar-refractivity contribution in [3.8, 4) is 0 Å². The molecule has 0 aliphatic heterocycles. The Morgan fingerprint density at radius 1 is 1.53 bits per heavy atom. The second-order valence-electron chi connectivity index (χ2n) is 5.46. The molecule has 1 aromatic rings. The van der Waals surface area contributed by atoms with Crippen LogP contribution in [0.2, 0.25) is 0 Å². The Labute approximate surface area is 111 Å². The monoisotopic (exact) mass is 299 g/mol. The quantitative estimate of drug-likeness (QED) is 0.900. The maximum absolute atomic E-state index is 13.8. The summed E-state index contributed by atoms with van der Waals surface area (Å²) < 4.78 is 14.6. The van der Waals surface area contributed by atoms with Gasteiger partial charge in [-0.1, -0.05) is 35.3 Å². The molecule has 0 bridgehead atoms. The van der Waals surface area contributed by atoms with Gasteiger partial charge in [-0.25, -0.2) is 4.39 Å². The van der Waals surface area contributed by atoms with Crippen LogP contribution in [0.1, 0.15) is 31.7 Å². The normalized spacial score (nSPS) is 28.6. The van der Waals surface area contributed by atoms with Crippen LogP contribution in [0.5, 0.6) is 0 Å². The summed E-state index contributed by atoms with van der Waals surface area (Å²) >= 11 is 3.28. The van der Waals surface area contributed by atoms with E-state index < -0.39 is 0 Å². The standard InChI is InChI=1S/C14H19BrFN/c1-10-4-5-14(7-10,9-17)8-11-2-3-12(15)6-13(11)16/h2-3,6,10H,4-5,7-9,17H2,1H3. The van der Waals surface area contributed by atoms with Crippen LogP contribution in [0.25, 0.3) is 0 Å². The maximum Gasteiger partial charge on any atom is 0.127 e. The smallest absolute Gasteiger partial charge is 0.127 e. The highest BCUT2D eigenvalue weighted by Crippen LogP contribution is 2.43. The summed E-state index contributed by atoms with van der Waals surface area (Å²) in [5, 5.41) is 0. The molecular formula is C14H19BrFN. The van der Waals surface area contributed by atoms with Gasteiger partial charge in [-0.2, -0.15) is 0 Å². The van der Waals surface area contributed by atoms with E-state index in [9.17, 15) is 4.39 Å². The van der Waals surface area contributed by atoms with Gasteiger partial charge in [-0.3, -0.25) is 0 Å². The number of nitrogens with two attached hydrogens (primary N) is 1. The summed E-state index contributed by atoms with van der Waals surface area (Å²) in [5.74, 6) is 0.601. The van der Waals surface area contributed by atoms with Crippen LogP contribution in [-0.2, 0) is 6.42 Å². The van der Waals surface area contributed by atoms with Crippen molar-refractivity contribution >= 4 is 15.9 Å². The van der Waals surface area contributed by atoms with Crippen LogP contribution >= 0.6 is 15.9 Å². The van der Waals surface area contributed by atoms with Crippen LogP contribution in [0.4, 0.5) is 4.39 Å². The molecule has 2 rings (SSSR count). The van der Waals surface area contributed by atoms with Crippen LogP contribution in [0.3, 0.4) is 0 Å². The van der Waals surface area contributed by atoms with E-state index in [0.717, 1.165) is 35.2 Å². The predicted octanol–water partition coefficient (Wildman–Crippen LogP) is 3.90. The molecule has 0 amide bonds. The van der Waals surface area contributed by atoms with E-state index in [4.69, 9.17) is 5.73 Å². The Morgan fingerprint density at radius 3 is 2.82 bits per heavy atom. The molecule has 2 unspecified atom stereocenters. The fourth-order valence-corrected chi connectivity index (χ4v) is 3.32. The largest absolute Gasteiger partial charge is 0.330 e. The average Bonchev–Trinajstić information content (AvgIpc) is 2.65. The first kappa shape index (κ1) is 13.0. The molecular weight excluding hydrogens is 281 g/mol. The van der Waals surface area contributed by atoms with Gasteiger partial charge in [-0.05, 0) is 54.8 Å². The topological polar surface area (TPSA) is 26.0 Å². The number of halogens is 2. The highest BCUT2D eigenvalue weighted by Gasteiger charge is 2.36. The Morgan fingerprint density at radius 2 is 2.29 bits per heavy atom. The summed E-state index contributed by atoms with van der Waals surface area (Å²) in [6.45, 7) is 2.92. The van der Waals surface area contributed by atoms with E-state index in [0.29, 0.717) is 6.54 Å². The van der Waals surface area contributed by atoms with Gasteiger partial charge in [0.25, 0.3) is 0 Å². The molecule has 17 heavy (non-hydrogen) atoms. The van der Waals surface area contributed by atoms with Gasteiger partial charge < -0.3 is 5.73 Å². The molecule has 94 valence electrons. The molecule has 0 aromatic heterocycles. The maximum atomic E-state index is 13.8. The fourth-order valence-electron chi connectivity index (χ4n) is 2.98. The van der Waals surface area contributed by atoms with E-state index in [1.54, 1.807) is 0 Å². The van der Waals surface area contributed by atoms with Crippen molar-refractivity contribution in [2.75, 3.05) is 6.54 Å². The average molecular weight is 300 g/mol. The third kappa shape index (κ3) is 2.89. The van der Waals surface area contributed by atoms with Gasteiger partial charge in [0.05, 0.1) is 0 Å². The third-order valence-corrected chi connectivity index (χ3v) is 4.46. The van der Waals surface area contributed by atoms with E-state index in [1.165, 1.54) is 12.5 Å². The van der Waals surface area contributed by atoms with Gasteiger partial charge in [0.2, 0.25) is 0 Å². The zero-order chi connectivity index (χ0) is 12.5. The van der Waals surface area contributed by atoms with E-state index in [1.807, 2.05) is 12.1 Å². The molecule has 2 atom stereocenters. The van der Waals surface area contributed by atoms with Crippen molar-refractivity contribution in [1.82, 2.24) is 0 Å². The van der Waals surface area contributed by atoms with Crippen LogP contribution < -0.4 is 5.73 Å². The Kier molecular flexibility index (Phi) is 3.88. The minimum Gasteiger partial charge on any atom is -0.330 e. The molecule has 0 heterocycles. The summed E-state index contributed by atoms with van der Waals surface area (Å²) in [4.78, 5) is 0. The Bertz CT molecular complexity index is 407. The Hall–Kier alpha value is -0.410. The van der Waals surface area contributed by atoms with Crippen molar-refractivity contribution in [2.45, 2.75) is 32.6 Å². The van der Waals surface area contributed by atoms with Crippen LogP contribution in [0, 0.1) is 17.2 Å². The fraction of sp³-hybridized carbons (Fsp3) is 0.571. The first-order valence-electron chi connectivity index (χ1n) is 6.19. The zero-order valence-corrected chi connectivity index (χ0v) is 11.8. The van der Waals surface area contributed by atoms with Crippen LogP contribution in [-0.4, -0.2) is 6.54 Å². The first-order chi connectivity index (χ1) is 8.04. The van der Waals surface area contributed by atoms with Gasteiger partial charge in [-0.15, -0.1) is 0 Å². The molecule has 2 N–H and O–H groups in total. The summed E-state index contributed by atoms with van der Waals surface area (Å²) in [6, 6.07) is 5.32. The lowest BCUT2D eigenvalue weighted by atomic mass is 9.79. The zero-order valence-electron chi connectivity index (χ0n) is 10.2. The van der Waals surface area contributed by atoms with Crippen molar-refractivity contribution < 1.29 is 4.39 Å². The molecule has 0 radical (unpaired) electrons. The predicted molar refractivity (Wildman–Crippen MR) is 72.3 cm³/mol. The van der Waals surface area contributed by atoms with Crippen molar-refractivity contribution in [2.24, 2.45) is 17.1 Å². The third-order valence-electron chi connectivity index (χ3n) is 3.96. The lowest BCUT2D eigenvalue weighted by molar-refractivity contribution is 0.292.